The van der Waals surface area contributed by atoms with E-state index in [1.54, 1.807) is 20.2 Å². The molecule has 210 valence electrons. The maximum atomic E-state index is 14.0. The Bertz CT molecular complexity index is 1480. The van der Waals surface area contributed by atoms with Crippen molar-refractivity contribution in [3.05, 3.63) is 41.5 Å². The third-order valence-corrected chi connectivity index (χ3v) is 8.79. The lowest BCUT2D eigenvalue weighted by atomic mass is 9.52. The van der Waals surface area contributed by atoms with Crippen LogP contribution in [0.25, 0.3) is 11.1 Å². The number of ketones is 4. The topological polar surface area (TPSA) is 184 Å². The molecule has 6 atom stereocenters. The number of likely N-dealkylation sites (N-methyl/N-ethyl adjacent to an activating group) is 1. The first-order valence-electron chi connectivity index (χ1n) is 13.0. The van der Waals surface area contributed by atoms with Crippen LogP contribution in [0.1, 0.15) is 22.3 Å². The SMILES string of the molecule is CN(C)c1ccc(-c2cc(N)c(O)c3c2C[C@@H]2C[C@@H]4[C@@H](N(C)C)C(=O)C(C(N)=O)C(=O)[C@]4(O)C(=O)C2C3=O)cc1. The van der Waals surface area contributed by atoms with Gasteiger partial charge in [-0.3, -0.25) is 28.9 Å². The molecule has 11 nitrogen and oxygen atoms in total. The monoisotopic (exact) mass is 548 g/mol. The van der Waals surface area contributed by atoms with E-state index >= 15 is 0 Å². The third kappa shape index (κ3) is 3.68. The fourth-order valence-electron chi connectivity index (χ4n) is 6.89. The average Bonchev–Trinajstić information content (AvgIpc) is 2.88. The lowest BCUT2D eigenvalue weighted by Crippen LogP contribution is -2.74. The molecule has 2 fully saturated rings. The van der Waals surface area contributed by atoms with Crippen LogP contribution in [-0.2, 0) is 25.6 Å². The number of carbonyl (C=O) groups is 5. The van der Waals surface area contributed by atoms with Gasteiger partial charge in [-0.25, -0.2) is 0 Å². The number of primary amides is 1. The Morgan fingerprint density at radius 1 is 1.02 bits per heavy atom. The molecule has 0 radical (unpaired) electrons. The second kappa shape index (κ2) is 9.24. The van der Waals surface area contributed by atoms with Crippen LogP contribution in [0.15, 0.2) is 30.3 Å². The molecule has 0 aromatic heterocycles. The number of amides is 1. The molecule has 3 aliphatic carbocycles. The second-order valence-electron chi connectivity index (χ2n) is 11.4. The lowest BCUT2D eigenvalue weighted by Gasteiger charge is -2.52. The molecule has 1 amide bonds. The van der Waals surface area contributed by atoms with Gasteiger partial charge in [-0.1, -0.05) is 12.1 Å². The molecule has 0 saturated heterocycles. The van der Waals surface area contributed by atoms with E-state index in [9.17, 15) is 34.2 Å². The maximum Gasteiger partial charge on any atom is 0.235 e. The van der Waals surface area contributed by atoms with Crippen LogP contribution in [0.5, 0.6) is 5.75 Å². The molecular weight excluding hydrogens is 516 g/mol. The Balaban J connectivity index is 1.66. The highest BCUT2D eigenvalue weighted by atomic mass is 16.3. The maximum absolute atomic E-state index is 14.0. The van der Waals surface area contributed by atoms with Gasteiger partial charge in [-0.2, -0.15) is 0 Å². The minimum atomic E-state index is -2.77. The van der Waals surface area contributed by atoms with E-state index < -0.39 is 70.1 Å². The van der Waals surface area contributed by atoms with Crippen LogP contribution in [0.3, 0.4) is 0 Å². The summed E-state index contributed by atoms with van der Waals surface area (Å²) >= 11 is 0. The van der Waals surface area contributed by atoms with Crippen molar-refractivity contribution in [2.45, 2.75) is 24.5 Å². The molecule has 2 aromatic carbocycles. The van der Waals surface area contributed by atoms with Gasteiger partial charge in [0, 0.05) is 25.7 Å². The van der Waals surface area contributed by atoms with Gasteiger partial charge in [-0.05, 0) is 67.7 Å². The summed E-state index contributed by atoms with van der Waals surface area (Å²) in [5.41, 5.74) is 11.3. The normalized spacial score (nSPS) is 29.6. The zero-order valence-electron chi connectivity index (χ0n) is 22.7. The highest BCUT2D eigenvalue weighted by Crippen LogP contribution is 2.52. The quantitative estimate of drug-likeness (QED) is 0.233. The fraction of sp³-hybridized carbons (Fsp3) is 0.414. The van der Waals surface area contributed by atoms with E-state index in [0.29, 0.717) is 11.1 Å². The summed E-state index contributed by atoms with van der Waals surface area (Å²) in [6.07, 6.45) is 0.137. The number of Topliss-reactive ketones (excluding diaryl/α,β-unsaturated/α-hetero) is 4. The number of aliphatic hydroxyl groups is 1. The van der Waals surface area contributed by atoms with Gasteiger partial charge in [-0.15, -0.1) is 0 Å². The fourth-order valence-corrected chi connectivity index (χ4v) is 6.89. The van der Waals surface area contributed by atoms with Crippen molar-refractivity contribution in [3.8, 4) is 16.9 Å². The number of hydrogen-bond donors (Lipinski definition) is 4. The number of aromatic hydroxyl groups is 1. The first-order valence-corrected chi connectivity index (χ1v) is 13.0. The van der Waals surface area contributed by atoms with Crippen LogP contribution in [-0.4, -0.2) is 84.0 Å². The molecule has 0 heterocycles. The number of nitrogen functional groups attached to an aromatic ring is 1. The minimum absolute atomic E-state index is 0.0198. The number of hydrogen-bond acceptors (Lipinski definition) is 10. The molecule has 0 spiro atoms. The van der Waals surface area contributed by atoms with Crippen LogP contribution in [0.4, 0.5) is 11.4 Å². The molecular formula is C29H32N4O7. The number of carbonyl (C=O) groups excluding carboxylic acids is 5. The van der Waals surface area contributed by atoms with Crippen molar-refractivity contribution < 1.29 is 34.2 Å². The number of anilines is 2. The van der Waals surface area contributed by atoms with Crippen molar-refractivity contribution in [2.24, 2.45) is 29.4 Å². The Morgan fingerprint density at radius 3 is 2.20 bits per heavy atom. The summed E-state index contributed by atoms with van der Waals surface area (Å²) in [6.45, 7) is 0. The number of phenols is 1. The van der Waals surface area contributed by atoms with Crippen LogP contribution in [0.2, 0.25) is 0 Å². The molecule has 6 N–H and O–H groups in total. The van der Waals surface area contributed by atoms with Gasteiger partial charge in [0.25, 0.3) is 0 Å². The van der Waals surface area contributed by atoms with Gasteiger partial charge >= 0.3 is 0 Å². The summed E-state index contributed by atoms with van der Waals surface area (Å²) in [4.78, 5) is 70.0. The van der Waals surface area contributed by atoms with Gasteiger partial charge < -0.3 is 26.6 Å². The lowest BCUT2D eigenvalue weighted by molar-refractivity contribution is -0.181. The summed E-state index contributed by atoms with van der Waals surface area (Å²) in [5, 5.41) is 22.6. The number of phenolic OH excluding ortho intramolecular Hbond substituents is 1. The highest BCUT2D eigenvalue weighted by Gasteiger charge is 2.69. The van der Waals surface area contributed by atoms with Crippen molar-refractivity contribution in [1.82, 2.24) is 4.90 Å². The smallest absolute Gasteiger partial charge is 0.235 e. The molecule has 2 unspecified atom stereocenters. The number of nitrogens with two attached hydrogens (primary N) is 2. The molecule has 5 rings (SSSR count). The zero-order valence-corrected chi connectivity index (χ0v) is 22.7. The molecule has 2 saturated carbocycles. The minimum Gasteiger partial charge on any atom is -0.505 e. The van der Waals surface area contributed by atoms with E-state index in [1.807, 2.05) is 43.3 Å². The van der Waals surface area contributed by atoms with Crippen LogP contribution >= 0.6 is 0 Å². The Morgan fingerprint density at radius 2 is 1.65 bits per heavy atom. The van der Waals surface area contributed by atoms with E-state index in [1.165, 1.54) is 4.90 Å². The first-order chi connectivity index (χ1) is 18.7. The second-order valence-corrected chi connectivity index (χ2v) is 11.4. The van der Waals surface area contributed by atoms with Crippen molar-refractivity contribution >= 4 is 40.4 Å². The molecule has 0 bridgehead atoms. The summed E-state index contributed by atoms with van der Waals surface area (Å²) in [5.74, 6) is -11.0. The predicted molar refractivity (Wildman–Crippen MR) is 146 cm³/mol. The van der Waals surface area contributed by atoms with Crippen LogP contribution < -0.4 is 16.4 Å². The summed E-state index contributed by atoms with van der Waals surface area (Å²) < 4.78 is 0. The average molecular weight is 549 g/mol. The summed E-state index contributed by atoms with van der Waals surface area (Å²) in [7, 11) is 6.90. The molecule has 3 aliphatic rings. The highest BCUT2D eigenvalue weighted by molar-refractivity contribution is 6.32. The van der Waals surface area contributed by atoms with E-state index in [4.69, 9.17) is 11.5 Å². The van der Waals surface area contributed by atoms with E-state index in [2.05, 4.69) is 0 Å². The van der Waals surface area contributed by atoms with E-state index in [0.717, 1.165) is 11.3 Å². The van der Waals surface area contributed by atoms with Gasteiger partial charge in [0.05, 0.1) is 23.2 Å². The number of nitrogens with zero attached hydrogens (tertiary/aromatic N) is 2. The van der Waals surface area contributed by atoms with Crippen molar-refractivity contribution in [1.29, 1.82) is 0 Å². The Labute approximate surface area is 230 Å². The number of rotatable bonds is 4. The number of fused-ring (bicyclic) bond motifs is 3. The van der Waals surface area contributed by atoms with Gasteiger partial charge in [0.2, 0.25) is 5.91 Å². The molecule has 11 heteroatoms. The predicted octanol–water partition coefficient (Wildman–Crippen LogP) is 0.182. The van der Waals surface area contributed by atoms with E-state index in [-0.39, 0.29) is 24.1 Å². The van der Waals surface area contributed by atoms with Gasteiger partial charge in [0.15, 0.2) is 34.7 Å². The van der Waals surface area contributed by atoms with Gasteiger partial charge in [0.1, 0.15) is 5.75 Å². The third-order valence-electron chi connectivity index (χ3n) is 8.79. The standard InChI is InChI=1S/C29H32N4O7/c1-32(2)14-7-5-12(6-8-14)15-11-18(30)23(34)20-16(15)9-13-10-17-22(33(3)4)25(36)21(28(31)39)27(38)29(17,40)26(37)19(13)24(20)35/h5-8,11,13,17,19,21-22,34,40H,9-10,30H2,1-4H3,(H2,31,39)/t13-,17-,19?,21?,22-,29-/m1/s1. The Kier molecular flexibility index (Phi) is 6.35. The molecule has 2 aromatic rings. The number of benzene rings is 2. The summed E-state index contributed by atoms with van der Waals surface area (Å²) in [6, 6.07) is 7.97. The zero-order chi connectivity index (χ0) is 29.4. The van der Waals surface area contributed by atoms with Crippen molar-refractivity contribution in [2.75, 3.05) is 38.8 Å². The first kappa shape index (κ1) is 27.5. The van der Waals surface area contributed by atoms with Crippen molar-refractivity contribution in [3.63, 3.8) is 0 Å². The largest absolute Gasteiger partial charge is 0.505 e. The molecule has 0 aliphatic heterocycles. The van der Waals surface area contributed by atoms with Crippen LogP contribution in [0, 0.1) is 23.7 Å². The Hall–Kier alpha value is -4.09. The molecule has 40 heavy (non-hydrogen) atoms.